The number of hydrogen-bond donors (Lipinski definition) is 0. The third-order valence-corrected chi connectivity index (χ3v) is 3.09. The molecule has 1 aliphatic rings. The summed E-state index contributed by atoms with van der Waals surface area (Å²) in [7, 11) is 0. The number of nitriles is 1. The van der Waals surface area contributed by atoms with Crippen molar-refractivity contribution in [3.05, 3.63) is 0 Å². The number of thiocarbonyl (C=S) groups is 1. The van der Waals surface area contributed by atoms with Gasteiger partial charge in [0.05, 0.1) is 12.5 Å². The van der Waals surface area contributed by atoms with Crippen LogP contribution in [-0.4, -0.2) is 27.6 Å². The van der Waals surface area contributed by atoms with Gasteiger partial charge in [-0.1, -0.05) is 30.9 Å². The molecule has 0 radical (unpaired) electrons. The molecule has 0 saturated carbocycles. The molecule has 1 atom stereocenters. The van der Waals surface area contributed by atoms with Crippen LogP contribution in [0.5, 0.6) is 0 Å². The second-order valence-electron chi connectivity index (χ2n) is 2.55. The Bertz CT molecular complexity index is 197. The van der Waals surface area contributed by atoms with Crippen LogP contribution in [-0.2, 0) is 0 Å². The van der Waals surface area contributed by atoms with Gasteiger partial charge >= 0.3 is 0 Å². The highest BCUT2D eigenvalue weighted by molar-refractivity contribution is 8.23. The summed E-state index contributed by atoms with van der Waals surface area (Å²) in [5.74, 6) is 0. The maximum Gasteiger partial charge on any atom is 0.136 e. The van der Waals surface area contributed by atoms with Crippen LogP contribution in [0, 0.1) is 11.3 Å². The van der Waals surface area contributed by atoms with Gasteiger partial charge in [-0.2, -0.15) is 5.26 Å². The first kappa shape index (κ1) is 8.82. The minimum absolute atomic E-state index is 0.577. The molecule has 1 saturated heterocycles. The van der Waals surface area contributed by atoms with Crippen molar-refractivity contribution in [3.63, 3.8) is 0 Å². The summed E-state index contributed by atoms with van der Waals surface area (Å²) in [5.41, 5.74) is 0. The molecule has 4 heteroatoms. The first-order chi connectivity index (χ1) is 5.24. The monoisotopic (exact) mass is 186 g/mol. The zero-order chi connectivity index (χ0) is 8.27. The van der Waals surface area contributed by atoms with Crippen molar-refractivity contribution >= 4 is 28.3 Å². The van der Waals surface area contributed by atoms with E-state index in [4.69, 9.17) is 17.5 Å². The van der Waals surface area contributed by atoms with Crippen molar-refractivity contribution in [2.75, 3.05) is 13.1 Å². The number of hydrogen-bond acceptors (Lipinski definition) is 3. The highest BCUT2D eigenvalue weighted by atomic mass is 32.2. The molecule has 60 valence electrons. The molecule has 0 aromatic carbocycles. The zero-order valence-electron chi connectivity index (χ0n) is 6.41. The van der Waals surface area contributed by atoms with Crippen molar-refractivity contribution < 1.29 is 0 Å². The average molecular weight is 186 g/mol. The van der Waals surface area contributed by atoms with Gasteiger partial charge in [-0.3, -0.25) is 0 Å². The quantitative estimate of drug-likeness (QED) is 0.612. The molecule has 11 heavy (non-hydrogen) atoms. The van der Waals surface area contributed by atoms with E-state index in [1.807, 2.05) is 0 Å². The highest BCUT2D eigenvalue weighted by Gasteiger charge is 2.22. The Morgan fingerprint density at radius 2 is 2.64 bits per heavy atom. The summed E-state index contributed by atoms with van der Waals surface area (Å²) in [6.07, 6.45) is 0.577. The molecule has 0 aromatic rings. The van der Waals surface area contributed by atoms with Crippen LogP contribution in [0.25, 0.3) is 0 Å². The molecule has 0 amide bonds. The Balaban J connectivity index is 2.36. The Kier molecular flexibility index (Phi) is 3.16. The zero-order valence-corrected chi connectivity index (χ0v) is 8.04. The first-order valence-electron chi connectivity index (χ1n) is 3.56. The van der Waals surface area contributed by atoms with Crippen LogP contribution >= 0.6 is 24.0 Å². The molecular formula is C7H10N2S2. The molecule has 0 aliphatic carbocycles. The molecule has 2 nitrogen and oxygen atoms in total. The second-order valence-corrected chi connectivity index (χ2v) is 4.62. The van der Waals surface area contributed by atoms with Gasteiger partial charge in [-0.05, 0) is 0 Å². The molecule has 1 aliphatic heterocycles. The van der Waals surface area contributed by atoms with Gasteiger partial charge in [0.15, 0.2) is 0 Å². The standard InChI is InChI=1S/C7H10N2S2/c1-6-5-9(4-2-3-8)7(10)11-6/h6H,2,4-5H2,1H3/t6-/m0/s1. The van der Waals surface area contributed by atoms with E-state index in [0.29, 0.717) is 11.7 Å². The normalized spacial score (nSPS) is 23.8. The van der Waals surface area contributed by atoms with Gasteiger partial charge < -0.3 is 4.90 Å². The van der Waals surface area contributed by atoms with E-state index in [1.165, 1.54) is 0 Å². The fourth-order valence-electron chi connectivity index (χ4n) is 1.04. The van der Waals surface area contributed by atoms with Crippen LogP contribution in [0.15, 0.2) is 0 Å². The summed E-state index contributed by atoms with van der Waals surface area (Å²) in [5, 5.41) is 8.95. The summed E-state index contributed by atoms with van der Waals surface area (Å²) in [6, 6.07) is 2.12. The van der Waals surface area contributed by atoms with Crippen molar-refractivity contribution in [1.82, 2.24) is 4.90 Å². The smallest absolute Gasteiger partial charge is 0.136 e. The van der Waals surface area contributed by atoms with E-state index in [0.717, 1.165) is 17.4 Å². The summed E-state index contributed by atoms with van der Waals surface area (Å²) in [4.78, 5) is 2.11. The molecule has 0 unspecified atom stereocenters. The Morgan fingerprint density at radius 1 is 1.91 bits per heavy atom. The van der Waals surface area contributed by atoms with Gasteiger partial charge in [0.25, 0.3) is 0 Å². The Morgan fingerprint density at radius 3 is 3.09 bits per heavy atom. The minimum atomic E-state index is 0.577. The third-order valence-electron chi connectivity index (χ3n) is 1.53. The number of rotatable bonds is 2. The minimum Gasteiger partial charge on any atom is -0.355 e. The van der Waals surface area contributed by atoms with Crippen LogP contribution in [0.1, 0.15) is 13.3 Å². The SMILES string of the molecule is C[C@H]1CN(CCC#N)C(=S)S1. The van der Waals surface area contributed by atoms with Crippen LogP contribution in [0.2, 0.25) is 0 Å². The van der Waals surface area contributed by atoms with Crippen molar-refractivity contribution in [3.8, 4) is 6.07 Å². The van der Waals surface area contributed by atoms with E-state index in [-0.39, 0.29) is 0 Å². The van der Waals surface area contributed by atoms with Gasteiger partial charge in [0, 0.05) is 18.3 Å². The van der Waals surface area contributed by atoms with E-state index in [9.17, 15) is 0 Å². The van der Waals surface area contributed by atoms with Crippen LogP contribution < -0.4 is 0 Å². The average Bonchev–Trinajstić information content (AvgIpc) is 2.26. The maximum atomic E-state index is 8.35. The molecule has 1 heterocycles. The molecular weight excluding hydrogens is 176 g/mol. The number of nitrogens with zero attached hydrogens (tertiary/aromatic N) is 2. The summed E-state index contributed by atoms with van der Waals surface area (Å²) >= 11 is 6.84. The van der Waals surface area contributed by atoms with Crippen molar-refractivity contribution in [1.29, 1.82) is 5.26 Å². The summed E-state index contributed by atoms with van der Waals surface area (Å²) < 4.78 is 0.952. The fourth-order valence-corrected chi connectivity index (χ4v) is 2.61. The Hall–Kier alpha value is -0.270. The van der Waals surface area contributed by atoms with Gasteiger partial charge in [0.1, 0.15) is 4.32 Å². The molecule has 0 N–H and O–H groups in total. The lowest BCUT2D eigenvalue weighted by atomic mass is 10.4. The molecule has 1 rings (SSSR count). The largest absolute Gasteiger partial charge is 0.355 e. The maximum absolute atomic E-state index is 8.35. The lowest BCUT2D eigenvalue weighted by molar-refractivity contribution is 0.457. The molecule has 0 bridgehead atoms. The van der Waals surface area contributed by atoms with Crippen LogP contribution in [0.3, 0.4) is 0 Å². The van der Waals surface area contributed by atoms with E-state index in [2.05, 4.69) is 17.9 Å². The third kappa shape index (κ3) is 2.35. The summed E-state index contributed by atoms with van der Waals surface area (Å²) in [6.45, 7) is 3.96. The van der Waals surface area contributed by atoms with Crippen LogP contribution in [0.4, 0.5) is 0 Å². The Labute approximate surface area is 76.6 Å². The number of thioether (sulfide) groups is 1. The van der Waals surface area contributed by atoms with Gasteiger partial charge in [-0.25, -0.2) is 0 Å². The van der Waals surface area contributed by atoms with Gasteiger partial charge in [0.2, 0.25) is 0 Å². The van der Waals surface area contributed by atoms with E-state index in [1.54, 1.807) is 11.8 Å². The van der Waals surface area contributed by atoms with Crippen molar-refractivity contribution in [2.45, 2.75) is 18.6 Å². The molecule has 1 fully saturated rings. The van der Waals surface area contributed by atoms with E-state index < -0.39 is 0 Å². The lowest BCUT2D eigenvalue weighted by Gasteiger charge is -2.13. The van der Waals surface area contributed by atoms with E-state index >= 15 is 0 Å². The first-order valence-corrected chi connectivity index (χ1v) is 4.85. The highest BCUT2D eigenvalue weighted by Crippen LogP contribution is 2.24. The predicted octanol–water partition coefficient (Wildman–Crippen LogP) is 1.62. The predicted molar refractivity (Wildman–Crippen MR) is 51.5 cm³/mol. The van der Waals surface area contributed by atoms with Crippen molar-refractivity contribution in [2.24, 2.45) is 0 Å². The lowest BCUT2D eigenvalue weighted by Crippen LogP contribution is -2.24. The topological polar surface area (TPSA) is 27.0 Å². The fraction of sp³-hybridized carbons (Fsp3) is 0.714. The van der Waals surface area contributed by atoms with Gasteiger partial charge in [-0.15, -0.1) is 0 Å². The second kappa shape index (κ2) is 3.93. The molecule has 0 spiro atoms. The molecule has 0 aromatic heterocycles.